The molecule has 3 N–H and O–H groups in total. The summed E-state index contributed by atoms with van der Waals surface area (Å²) in [6, 6.07) is 10.2. The fourth-order valence-corrected chi connectivity index (χ4v) is 2.16. The Kier molecular flexibility index (Phi) is 6.17. The molecule has 2 rings (SSSR count). The SMILES string of the molecule is C/C(CC(=O)Nc1ccccc1C(F)(F)F)=N\NC(=O)c1cccc(O)c1. The molecule has 9 heteroatoms. The van der Waals surface area contributed by atoms with Crippen LogP contribution in [0.5, 0.6) is 5.75 Å². The summed E-state index contributed by atoms with van der Waals surface area (Å²) in [5.41, 5.74) is 1.25. The van der Waals surface area contributed by atoms with Crippen LogP contribution in [-0.2, 0) is 11.0 Å². The molecule has 0 aromatic heterocycles. The zero-order valence-corrected chi connectivity index (χ0v) is 14.2. The first kappa shape index (κ1) is 20.0. The third-order valence-electron chi connectivity index (χ3n) is 3.38. The maximum atomic E-state index is 12.9. The number of phenols is 1. The van der Waals surface area contributed by atoms with Crippen molar-refractivity contribution < 1.29 is 27.9 Å². The number of hydrazone groups is 1. The molecule has 0 spiro atoms. The molecule has 2 aromatic carbocycles. The van der Waals surface area contributed by atoms with E-state index in [1.807, 2.05) is 0 Å². The van der Waals surface area contributed by atoms with Gasteiger partial charge in [0.15, 0.2) is 0 Å². The number of halogens is 3. The van der Waals surface area contributed by atoms with Crippen LogP contribution in [0.25, 0.3) is 0 Å². The van der Waals surface area contributed by atoms with Crippen LogP contribution in [0.1, 0.15) is 29.3 Å². The predicted octanol–water partition coefficient (Wildman–Crippen LogP) is 3.55. The van der Waals surface area contributed by atoms with Gasteiger partial charge < -0.3 is 10.4 Å². The smallest absolute Gasteiger partial charge is 0.418 e. The van der Waals surface area contributed by atoms with Crippen molar-refractivity contribution in [2.45, 2.75) is 19.5 Å². The number of nitrogens with zero attached hydrogens (tertiary/aromatic N) is 1. The number of nitrogens with one attached hydrogen (secondary N) is 2. The number of amides is 2. The summed E-state index contributed by atoms with van der Waals surface area (Å²) in [4.78, 5) is 23.8. The van der Waals surface area contributed by atoms with Gasteiger partial charge in [-0.05, 0) is 37.3 Å². The molecule has 0 aliphatic heterocycles. The molecule has 6 nitrogen and oxygen atoms in total. The highest BCUT2D eigenvalue weighted by Gasteiger charge is 2.33. The maximum absolute atomic E-state index is 12.9. The van der Waals surface area contributed by atoms with Gasteiger partial charge in [-0.25, -0.2) is 5.43 Å². The molecule has 27 heavy (non-hydrogen) atoms. The molecule has 0 heterocycles. The Morgan fingerprint density at radius 1 is 1.11 bits per heavy atom. The van der Waals surface area contributed by atoms with E-state index in [9.17, 15) is 27.9 Å². The number of alkyl halides is 3. The van der Waals surface area contributed by atoms with Gasteiger partial charge in [0.1, 0.15) is 5.75 Å². The van der Waals surface area contributed by atoms with Crippen molar-refractivity contribution in [1.29, 1.82) is 0 Å². The van der Waals surface area contributed by atoms with Gasteiger partial charge >= 0.3 is 6.18 Å². The minimum absolute atomic E-state index is 0.0916. The Balaban J connectivity index is 1.98. The average molecular weight is 379 g/mol. The van der Waals surface area contributed by atoms with Crippen molar-refractivity contribution in [3.63, 3.8) is 0 Å². The average Bonchev–Trinajstić information content (AvgIpc) is 2.59. The molecule has 2 amide bonds. The van der Waals surface area contributed by atoms with Crippen LogP contribution in [0.2, 0.25) is 0 Å². The molecule has 2 aromatic rings. The lowest BCUT2D eigenvalue weighted by atomic mass is 10.1. The van der Waals surface area contributed by atoms with Crippen molar-refractivity contribution in [3.8, 4) is 5.75 Å². The van der Waals surface area contributed by atoms with E-state index in [-0.39, 0.29) is 29.1 Å². The van der Waals surface area contributed by atoms with Gasteiger partial charge in [0.25, 0.3) is 5.91 Å². The van der Waals surface area contributed by atoms with Gasteiger partial charge in [0, 0.05) is 11.3 Å². The Labute approximate surface area is 152 Å². The number of hydrogen-bond donors (Lipinski definition) is 3. The van der Waals surface area contributed by atoms with Crippen LogP contribution < -0.4 is 10.7 Å². The highest BCUT2D eigenvalue weighted by Crippen LogP contribution is 2.34. The van der Waals surface area contributed by atoms with E-state index >= 15 is 0 Å². The molecule has 0 saturated carbocycles. The van der Waals surface area contributed by atoms with E-state index in [2.05, 4.69) is 15.8 Å². The summed E-state index contributed by atoms with van der Waals surface area (Å²) in [5.74, 6) is -1.40. The van der Waals surface area contributed by atoms with Crippen LogP contribution in [0.15, 0.2) is 53.6 Å². The van der Waals surface area contributed by atoms with E-state index in [1.165, 1.54) is 43.3 Å². The molecule has 0 aliphatic carbocycles. The topological polar surface area (TPSA) is 90.8 Å². The normalized spacial score (nSPS) is 11.8. The number of phenolic OH excluding ortho intramolecular Hbond substituents is 1. The lowest BCUT2D eigenvalue weighted by Gasteiger charge is -2.13. The second-order valence-electron chi connectivity index (χ2n) is 5.61. The first-order chi connectivity index (χ1) is 12.7. The summed E-state index contributed by atoms with van der Waals surface area (Å²) in [6.45, 7) is 1.44. The number of carbonyl (C=O) groups excluding carboxylic acids is 2. The summed E-state index contributed by atoms with van der Waals surface area (Å²) >= 11 is 0. The number of benzene rings is 2. The Morgan fingerprint density at radius 3 is 2.48 bits per heavy atom. The van der Waals surface area contributed by atoms with Gasteiger partial charge in [0.05, 0.1) is 17.7 Å². The minimum atomic E-state index is -4.60. The maximum Gasteiger partial charge on any atom is 0.418 e. The van der Waals surface area contributed by atoms with Crippen molar-refractivity contribution in [2.24, 2.45) is 5.10 Å². The summed E-state index contributed by atoms with van der Waals surface area (Å²) in [5, 5.41) is 15.3. The third kappa shape index (κ3) is 5.84. The molecule has 142 valence electrons. The molecule has 0 fully saturated rings. The highest BCUT2D eigenvalue weighted by molar-refractivity contribution is 6.06. The third-order valence-corrected chi connectivity index (χ3v) is 3.38. The van der Waals surface area contributed by atoms with E-state index in [0.29, 0.717) is 0 Å². The quantitative estimate of drug-likeness (QED) is 0.548. The van der Waals surface area contributed by atoms with Crippen LogP contribution in [0.3, 0.4) is 0 Å². The number of aromatic hydroxyl groups is 1. The Hall–Kier alpha value is -3.36. The van der Waals surface area contributed by atoms with E-state index in [0.717, 1.165) is 12.1 Å². The van der Waals surface area contributed by atoms with Crippen molar-refractivity contribution in [2.75, 3.05) is 5.32 Å². The largest absolute Gasteiger partial charge is 0.508 e. The van der Waals surface area contributed by atoms with E-state index in [1.54, 1.807) is 0 Å². The van der Waals surface area contributed by atoms with Crippen LogP contribution in [0.4, 0.5) is 18.9 Å². The van der Waals surface area contributed by atoms with Crippen molar-refractivity contribution in [1.82, 2.24) is 5.43 Å². The molecule has 0 saturated heterocycles. The zero-order chi connectivity index (χ0) is 20.0. The van der Waals surface area contributed by atoms with E-state index < -0.39 is 23.6 Å². The second-order valence-corrected chi connectivity index (χ2v) is 5.61. The lowest BCUT2D eigenvalue weighted by molar-refractivity contribution is -0.137. The molecule has 0 bridgehead atoms. The monoisotopic (exact) mass is 379 g/mol. The van der Waals surface area contributed by atoms with Crippen molar-refractivity contribution >= 4 is 23.2 Å². The Morgan fingerprint density at radius 2 is 1.81 bits per heavy atom. The van der Waals surface area contributed by atoms with Crippen molar-refractivity contribution in [3.05, 3.63) is 59.7 Å². The predicted molar refractivity (Wildman–Crippen MR) is 93.4 cm³/mol. The van der Waals surface area contributed by atoms with Crippen LogP contribution in [-0.4, -0.2) is 22.6 Å². The summed E-state index contributed by atoms with van der Waals surface area (Å²) in [7, 11) is 0. The van der Waals surface area contributed by atoms with Gasteiger partial charge in [-0.2, -0.15) is 18.3 Å². The molecular weight excluding hydrogens is 363 g/mol. The summed E-state index contributed by atoms with van der Waals surface area (Å²) in [6.07, 6.45) is -4.91. The number of carbonyl (C=O) groups is 2. The first-order valence-corrected chi connectivity index (χ1v) is 7.75. The van der Waals surface area contributed by atoms with Gasteiger partial charge in [-0.1, -0.05) is 18.2 Å². The lowest BCUT2D eigenvalue weighted by Crippen LogP contribution is -2.22. The number of hydrogen-bond acceptors (Lipinski definition) is 4. The number of rotatable bonds is 5. The Bertz CT molecular complexity index is 879. The van der Waals surface area contributed by atoms with Gasteiger partial charge in [-0.15, -0.1) is 0 Å². The fraction of sp³-hybridized carbons (Fsp3) is 0.167. The number of anilines is 1. The second kappa shape index (κ2) is 8.35. The first-order valence-electron chi connectivity index (χ1n) is 7.75. The zero-order valence-electron chi connectivity index (χ0n) is 14.2. The number of para-hydroxylation sites is 1. The van der Waals surface area contributed by atoms with Crippen LogP contribution in [0, 0.1) is 0 Å². The molecular formula is C18H16F3N3O3. The highest BCUT2D eigenvalue weighted by atomic mass is 19.4. The fourth-order valence-electron chi connectivity index (χ4n) is 2.16. The van der Waals surface area contributed by atoms with Gasteiger partial charge in [-0.3, -0.25) is 9.59 Å². The van der Waals surface area contributed by atoms with Gasteiger partial charge in [0.2, 0.25) is 5.91 Å². The molecule has 0 aliphatic rings. The standard InChI is InChI=1S/C18H16F3N3O3/c1-11(23-24-17(27)12-5-4-6-13(25)10-12)9-16(26)22-15-8-3-2-7-14(15)18(19,20)21/h2-8,10,25H,9H2,1H3,(H,22,26)(H,24,27)/b23-11+. The minimum Gasteiger partial charge on any atom is -0.508 e. The van der Waals surface area contributed by atoms with E-state index in [4.69, 9.17) is 0 Å². The molecule has 0 radical (unpaired) electrons. The van der Waals surface area contributed by atoms with Crippen LogP contribution >= 0.6 is 0 Å². The molecule has 0 atom stereocenters. The summed E-state index contributed by atoms with van der Waals surface area (Å²) < 4.78 is 38.8. The molecule has 0 unspecified atom stereocenters.